The summed E-state index contributed by atoms with van der Waals surface area (Å²) in [7, 11) is 0. The van der Waals surface area contributed by atoms with Crippen LogP contribution in [0.25, 0.3) is 0 Å². The zero-order valence-corrected chi connectivity index (χ0v) is 10.4. The lowest BCUT2D eigenvalue weighted by Gasteiger charge is -2.19. The minimum absolute atomic E-state index is 0.0358. The molecule has 3 heteroatoms. The van der Waals surface area contributed by atoms with E-state index in [0.29, 0.717) is 5.56 Å². The third-order valence-electron chi connectivity index (χ3n) is 3.54. The first-order chi connectivity index (χ1) is 9.28. The average Bonchev–Trinajstić information content (AvgIpc) is 2.90. The fourth-order valence-electron chi connectivity index (χ4n) is 2.54. The maximum absolute atomic E-state index is 10.4. The Kier molecular flexibility index (Phi) is 2.94. The Hall–Kier alpha value is -2.31. The molecule has 19 heavy (non-hydrogen) atoms. The molecule has 0 saturated carbocycles. The Balaban J connectivity index is 1.83. The number of aliphatic hydroxyl groups excluding tert-OH is 1. The highest BCUT2D eigenvalue weighted by Gasteiger charge is 2.27. The number of nitrogens with zero attached hydrogens (tertiary/aromatic N) is 1. The first-order valence-corrected chi connectivity index (χ1v) is 6.30. The van der Waals surface area contributed by atoms with E-state index in [4.69, 9.17) is 5.26 Å². The van der Waals surface area contributed by atoms with Crippen LogP contribution < -0.4 is 5.32 Å². The van der Waals surface area contributed by atoms with Crippen LogP contribution in [0.1, 0.15) is 22.8 Å². The fraction of sp³-hybridized carbons (Fsp3) is 0.188. The largest absolute Gasteiger partial charge is 0.386 e. The highest BCUT2D eigenvalue weighted by atomic mass is 16.3. The predicted molar refractivity (Wildman–Crippen MR) is 73.7 cm³/mol. The van der Waals surface area contributed by atoms with Crippen LogP contribution in [0.4, 0.5) is 5.69 Å². The van der Waals surface area contributed by atoms with Crippen molar-refractivity contribution >= 4 is 5.69 Å². The molecule has 0 spiro atoms. The van der Waals surface area contributed by atoms with Gasteiger partial charge in [-0.05, 0) is 35.7 Å². The van der Waals surface area contributed by atoms with Gasteiger partial charge in [-0.2, -0.15) is 5.26 Å². The topological polar surface area (TPSA) is 56.0 Å². The second-order valence-electron chi connectivity index (χ2n) is 4.79. The van der Waals surface area contributed by atoms with E-state index in [2.05, 4.69) is 17.5 Å². The van der Waals surface area contributed by atoms with Gasteiger partial charge in [-0.3, -0.25) is 0 Å². The molecule has 1 heterocycles. The van der Waals surface area contributed by atoms with Gasteiger partial charge in [0, 0.05) is 5.69 Å². The van der Waals surface area contributed by atoms with Crippen LogP contribution in [0.2, 0.25) is 0 Å². The molecule has 0 bridgehead atoms. The van der Waals surface area contributed by atoms with Crippen molar-refractivity contribution in [1.29, 1.82) is 5.26 Å². The number of nitrogens with one attached hydrogen (secondary N) is 1. The number of anilines is 1. The monoisotopic (exact) mass is 250 g/mol. The van der Waals surface area contributed by atoms with Crippen LogP contribution in [0.3, 0.4) is 0 Å². The number of rotatable bonds is 2. The first kappa shape index (κ1) is 11.8. The highest BCUT2D eigenvalue weighted by molar-refractivity contribution is 5.57. The summed E-state index contributed by atoms with van der Waals surface area (Å²) in [5.74, 6) is 0. The van der Waals surface area contributed by atoms with Gasteiger partial charge in [0.1, 0.15) is 0 Å². The van der Waals surface area contributed by atoms with Crippen molar-refractivity contribution in [1.82, 2.24) is 0 Å². The lowest BCUT2D eigenvalue weighted by molar-refractivity contribution is 0.156. The number of para-hydroxylation sites is 1. The van der Waals surface area contributed by atoms with E-state index < -0.39 is 6.10 Å². The van der Waals surface area contributed by atoms with Gasteiger partial charge in [0.05, 0.1) is 23.8 Å². The number of aliphatic hydroxyl groups is 1. The van der Waals surface area contributed by atoms with Crippen molar-refractivity contribution in [2.45, 2.75) is 18.6 Å². The van der Waals surface area contributed by atoms with Gasteiger partial charge in [-0.15, -0.1) is 0 Å². The number of fused-ring (bicyclic) bond motifs is 1. The molecule has 3 rings (SSSR count). The normalized spacial score (nSPS) is 18.2. The molecule has 0 saturated heterocycles. The number of hydrogen-bond acceptors (Lipinski definition) is 3. The Morgan fingerprint density at radius 1 is 1.21 bits per heavy atom. The van der Waals surface area contributed by atoms with Gasteiger partial charge < -0.3 is 10.4 Å². The lowest BCUT2D eigenvalue weighted by atomic mass is 9.98. The molecule has 0 aliphatic carbocycles. The Bertz CT molecular complexity index is 620. The zero-order valence-electron chi connectivity index (χ0n) is 10.4. The molecule has 2 unspecified atom stereocenters. The molecular weight excluding hydrogens is 236 g/mol. The second kappa shape index (κ2) is 4.75. The number of hydrogen-bond donors (Lipinski definition) is 2. The summed E-state index contributed by atoms with van der Waals surface area (Å²) in [4.78, 5) is 0. The third-order valence-corrected chi connectivity index (χ3v) is 3.54. The minimum Gasteiger partial charge on any atom is -0.386 e. The van der Waals surface area contributed by atoms with Crippen LogP contribution in [-0.4, -0.2) is 11.1 Å². The fourth-order valence-corrected chi connectivity index (χ4v) is 2.54. The molecule has 2 aromatic carbocycles. The molecule has 2 aromatic rings. The van der Waals surface area contributed by atoms with Crippen molar-refractivity contribution in [2.75, 3.05) is 5.32 Å². The lowest BCUT2D eigenvalue weighted by Crippen LogP contribution is -2.24. The van der Waals surface area contributed by atoms with E-state index in [1.54, 1.807) is 18.2 Å². The van der Waals surface area contributed by atoms with Gasteiger partial charge in [-0.1, -0.05) is 30.3 Å². The van der Waals surface area contributed by atoms with E-state index >= 15 is 0 Å². The number of benzene rings is 2. The number of nitriles is 1. The van der Waals surface area contributed by atoms with E-state index in [-0.39, 0.29) is 6.04 Å². The Morgan fingerprint density at radius 3 is 2.84 bits per heavy atom. The molecule has 0 fully saturated rings. The van der Waals surface area contributed by atoms with E-state index in [1.807, 2.05) is 24.3 Å². The molecule has 1 aliphatic rings. The standard InChI is InChI=1S/C16H14N2O/c17-10-11-4-3-6-13(8-11)16(19)15-9-12-5-1-2-7-14(12)18-15/h1-8,15-16,18-19H,9H2. The predicted octanol–water partition coefficient (Wildman–Crippen LogP) is 2.63. The van der Waals surface area contributed by atoms with Crippen molar-refractivity contribution in [3.8, 4) is 6.07 Å². The van der Waals surface area contributed by atoms with Crippen LogP contribution >= 0.6 is 0 Å². The summed E-state index contributed by atoms with van der Waals surface area (Å²) >= 11 is 0. The Labute approximate surface area is 112 Å². The maximum Gasteiger partial charge on any atom is 0.0994 e. The van der Waals surface area contributed by atoms with Gasteiger partial charge >= 0.3 is 0 Å². The van der Waals surface area contributed by atoms with Crippen molar-refractivity contribution in [3.63, 3.8) is 0 Å². The minimum atomic E-state index is -0.610. The molecule has 2 atom stereocenters. The van der Waals surface area contributed by atoms with Gasteiger partial charge in [0.2, 0.25) is 0 Å². The van der Waals surface area contributed by atoms with Crippen LogP contribution in [0, 0.1) is 11.3 Å². The van der Waals surface area contributed by atoms with E-state index in [1.165, 1.54) is 5.56 Å². The third kappa shape index (κ3) is 2.18. The summed E-state index contributed by atoms with van der Waals surface area (Å²) in [5.41, 5.74) is 3.67. The smallest absolute Gasteiger partial charge is 0.0994 e. The van der Waals surface area contributed by atoms with Crippen LogP contribution in [0.5, 0.6) is 0 Å². The van der Waals surface area contributed by atoms with Crippen LogP contribution in [-0.2, 0) is 6.42 Å². The molecule has 2 N–H and O–H groups in total. The van der Waals surface area contributed by atoms with Crippen LogP contribution in [0.15, 0.2) is 48.5 Å². The highest BCUT2D eigenvalue weighted by Crippen LogP contribution is 2.31. The Morgan fingerprint density at radius 2 is 2.05 bits per heavy atom. The molecule has 0 amide bonds. The molecular formula is C16H14N2O. The van der Waals surface area contributed by atoms with E-state index in [9.17, 15) is 5.11 Å². The average molecular weight is 250 g/mol. The summed E-state index contributed by atoms with van der Waals surface area (Å²) in [6.45, 7) is 0. The van der Waals surface area contributed by atoms with Crippen molar-refractivity contribution in [2.24, 2.45) is 0 Å². The molecule has 0 radical (unpaired) electrons. The summed E-state index contributed by atoms with van der Waals surface area (Å²) in [6, 6.07) is 17.3. The van der Waals surface area contributed by atoms with Crippen molar-refractivity contribution in [3.05, 3.63) is 65.2 Å². The van der Waals surface area contributed by atoms with E-state index in [0.717, 1.165) is 17.7 Å². The van der Waals surface area contributed by atoms with Gasteiger partial charge in [0.25, 0.3) is 0 Å². The quantitative estimate of drug-likeness (QED) is 0.861. The molecule has 0 aromatic heterocycles. The second-order valence-corrected chi connectivity index (χ2v) is 4.79. The summed E-state index contributed by atoms with van der Waals surface area (Å²) in [6.07, 6.45) is 0.189. The maximum atomic E-state index is 10.4. The van der Waals surface area contributed by atoms with Gasteiger partial charge in [-0.25, -0.2) is 0 Å². The molecule has 94 valence electrons. The first-order valence-electron chi connectivity index (χ1n) is 6.30. The summed E-state index contributed by atoms with van der Waals surface area (Å²) in [5, 5.41) is 22.7. The molecule has 1 aliphatic heterocycles. The van der Waals surface area contributed by atoms with Crippen molar-refractivity contribution < 1.29 is 5.11 Å². The zero-order chi connectivity index (χ0) is 13.2. The summed E-state index contributed by atoms with van der Waals surface area (Å²) < 4.78 is 0. The van der Waals surface area contributed by atoms with Gasteiger partial charge in [0.15, 0.2) is 0 Å². The molecule has 3 nitrogen and oxygen atoms in total. The SMILES string of the molecule is N#Cc1cccc(C(O)C2Cc3ccccc3N2)c1.